The molecule has 112 valence electrons. The van der Waals surface area contributed by atoms with Crippen molar-refractivity contribution in [1.29, 1.82) is 0 Å². The number of halogens is 1. The highest BCUT2D eigenvalue weighted by atomic mass is 19.1. The second kappa shape index (κ2) is 6.49. The van der Waals surface area contributed by atoms with Crippen molar-refractivity contribution in [1.82, 2.24) is 20.4 Å². The molecule has 1 aromatic carbocycles. The van der Waals surface area contributed by atoms with Gasteiger partial charge in [-0.25, -0.2) is 9.07 Å². The molecule has 1 heterocycles. The van der Waals surface area contributed by atoms with Crippen LogP contribution < -0.4 is 10.6 Å². The highest BCUT2D eigenvalue weighted by molar-refractivity contribution is 5.96. The van der Waals surface area contributed by atoms with E-state index in [9.17, 15) is 9.18 Å². The molecule has 0 spiro atoms. The van der Waals surface area contributed by atoms with E-state index in [0.717, 1.165) is 11.4 Å². The van der Waals surface area contributed by atoms with Gasteiger partial charge in [-0.05, 0) is 45.2 Å². The average molecular weight is 290 g/mol. The number of aryl methyl sites for hydroxylation is 1. The molecule has 0 aliphatic heterocycles. The summed E-state index contributed by atoms with van der Waals surface area (Å²) in [6.07, 6.45) is 0. The van der Waals surface area contributed by atoms with Gasteiger partial charge in [0.1, 0.15) is 5.82 Å². The van der Waals surface area contributed by atoms with Crippen molar-refractivity contribution >= 4 is 5.91 Å². The number of hydrogen-bond acceptors (Lipinski definition) is 3. The molecular formula is C15H19FN4O. The Hall–Kier alpha value is -2.21. The number of rotatable bonds is 5. The van der Waals surface area contributed by atoms with Crippen LogP contribution in [0.2, 0.25) is 0 Å². The third kappa shape index (κ3) is 3.28. The van der Waals surface area contributed by atoms with Gasteiger partial charge in [0.2, 0.25) is 0 Å². The van der Waals surface area contributed by atoms with Gasteiger partial charge in [-0.2, -0.15) is 5.10 Å². The fraction of sp³-hybridized carbons (Fsp3) is 0.333. The molecule has 0 aliphatic carbocycles. The summed E-state index contributed by atoms with van der Waals surface area (Å²) >= 11 is 0. The summed E-state index contributed by atoms with van der Waals surface area (Å²) in [5, 5.41) is 10.2. The molecule has 2 N–H and O–H groups in total. The zero-order chi connectivity index (χ0) is 15.4. The SMILES string of the molecule is CNCCNC(=O)c1c(C)nn(-c2ccc(F)cc2)c1C. The first kappa shape index (κ1) is 15.2. The van der Waals surface area contributed by atoms with Crippen molar-refractivity contribution < 1.29 is 9.18 Å². The minimum atomic E-state index is -0.301. The van der Waals surface area contributed by atoms with Gasteiger partial charge in [0.25, 0.3) is 5.91 Å². The average Bonchev–Trinajstić information content (AvgIpc) is 2.75. The van der Waals surface area contributed by atoms with Crippen molar-refractivity contribution in [3.63, 3.8) is 0 Å². The van der Waals surface area contributed by atoms with E-state index in [4.69, 9.17) is 0 Å². The Labute approximate surface area is 123 Å². The van der Waals surface area contributed by atoms with E-state index in [0.29, 0.717) is 24.3 Å². The zero-order valence-corrected chi connectivity index (χ0v) is 12.4. The van der Waals surface area contributed by atoms with Crippen molar-refractivity contribution in [3.8, 4) is 5.69 Å². The molecule has 0 saturated heterocycles. The van der Waals surface area contributed by atoms with E-state index in [1.807, 2.05) is 14.0 Å². The molecule has 0 bridgehead atoms. The normalized spacial score (nSPS) is 10.7. The van der Waals surface area contributed by atoms with Crippen LogP contribution in [0.5, 0.6) is 0 Å². The molecule has 1 aromatic heterocycles. The second-order valence-corrected chi connectivity index (χ2v) is 4.79. The molecule has 0 fully saturated rings. The Balaban J connectivity index is 2.29. The third-order valence-corrected chi connectivity index (χ3v) is 3.25. The molecular weight excluding hydrogens is 271 g/mol. The van der Waals surface area contributed by atoms with Gasteiger partial charge in [-0.15, -0.1) is 0 Å². The summed E-state index contributed by atoms with van der Waals surface area (Å²) in [5.74, 6) is -0.445. The predicted octanol–water partition coefficient (Wildman–Crippen LogP) is 1.58. The lowest BCUT2D eigenvalue weighted by Gasteiger charge is -2.06. The van der Waals surface area contributed by atoms with Crippen LogP contribution in [-0.2, 0) is 0 Å². The zero-order valence-electron chi connectivity index (χ0n) is 12.4. The van der Waals surface area contributed by atoms with Crippen LogP contribution in [0.15, 0.2) is 24.3 Å². The quantitative estimate of drug-likeness (QED) is 0.822. The molecule has 0 atom stereocenters. The molecule has 0 saturated carbocycles. The van der Waals surface area contributed by atoms with Gasteiger partial charge in [0.05, 0.1) is 22.6 Å². The molecule has 2 aromatic rings. The van der Waals surface area contributed by atoms with Crippen LogP contribution >= 0.6 is 0 Å². The maximum absolute atomic E-state index is 13.0. The number of carbonyl (C=O) groups excluding carboxylic acids is 1. The van der Waals surface area contributed by atoms with Gasteiger partial charge in [0.15, 0.2) is 0 Å². The Bertz CT molecular complexity index is 634. The van der Waals surface area contributed by atoms with E-state index in [1.165, 1.54) is 12.1 Å². The molecule has 0 unspecified atom stereocenters. The summed E-state index contributed by atoms with van der Waals surface area (Å²) < 4.78 is 14.6. The highest BCUT2D eigenvalue weighted by Gasteiger charge is 2.18. The van der Waals surface area contributed by atoms with E-state index in [-0.39, 0.29) is 11.7 Å². The fourth-order valence-electron chi connectivity index (χ4n) is 2.19. The molecule has 6 heteroatoms. The Morgan fingerprint density at radius 2 is 1.90 bits per heavy atom. The van der Waals surface area contributed by atoms with Crippen LogP contribution in [0.4, 0.5) is 4.39 Å². The van der Waals surface area contributed by atoms with Crippen molar-refractivity contribution in [2.75, 3.05) is 20.1 Å². The van der Waals surface area contributed by atoms with Crippen molar-refractivity contribution in [2.45, 2.75) is 13.8 Å². The van der Waals surface area contributed by atoms with E-state index >= 15 is 0 Å². The number of likely N-dealkylation sites (N-methyl/N-ethyl adjacent to an activating group) is 1. The Kier molecular flexibility index (Phi) is 4.70. The van der Waals surface area contributed by atoms with Gasteiger partial charge >= 0.3 is 0 Å². The molecule has 1 amide bonds. The molecule has 0 aliphatic rings. The maximum Gasteiger partial charge on any atom is 0.255 e. The maximum atomic E-state index is 13.0. The lowest BCUT2D eigenvalue weighted by atomic mass is 10.2. The van der Waals surface area contributed by atoms with Crippen LogP contribution in [0.25, 0.3) is 5.69 Å². The molecule has 2 rings (SSSR count). The van der Waals surface area contributed by atoms with Crippen LogP contribution in [0.1, 0.15) is 21.7 Å². The number of nitrogens with one attached hydrogen (secondary N) is 2. The summed E-state index contributed by atoms with van der Waals surface area (Å²) in [6.45, 7) is 4.88. The highest BCUT2D eigenvalue weighted by Crippen LogP contribution is 2.18. The lowest BCUT2D eigenvalue weighted by molar-refractivity contribution is 0.0953. The van der Waals surface area contributed by atoms with Crippen LogP contribution in [-0.4, -0.2) is 35.8 Å². The number of aromatic nitrogens is 2. The largest absolute Gasteiger partial charge is 0.351 e. The summed E-state index contributed by atoms with van der Waals surface area (Å²) in [6, 6.07) is 6.02. The number of hydrogen-bond donors (Lipinski definition) is 2. The first-order chi connectivity index (χ1) is 10.0. The Morgan fingerprint density at radius 1 is 1.24 bits per heavy atom. The van der Waals surface area contributed by atoms with Crippen molar-refractivity contribution in [3.05, 3.63) is 47.0 Å². The number of carbonyl (C=O) groups is 1. The first-order valence-corrected chi connectivity index (χ1v) is 6.79. The van der Waals surface area contributed by atoms with E-state index in [1.54, 1.807) is 23.7 Å². The monoisotopic (exact) mass is 290 g/mol. The first-order valence-electron chi connectivity index (χ1n) is 6.79. The van der Waals surface area contributed by atoms with Crippen molar-refractivity contribution in [2.24, 2.45) is 0 Å². The fourth-order valence-corrected chi connectivity index (χ4v) is 2.19. The van der Waals surface area contributed by atoms with Crippen LogP contribution in [0.3, 0.4) is 0 Å². The minimum Gasteiger partial charge on any atom is -0.351 e. The number of amides is 1. The standard InChI is InChI=1S/C15H19FN4O/c1-10-14(15(21)18-9-8-17-3)11(2)20(19-10)13-6-4-12(16)5-7-13/h4-7,17H,8-9H2,1-3H3,(H,18,21). The number of nitrogens with zero attached hydrogens (tertiary/aromatic N) is 2. The summed E-state index contributed by atoms with van der Waals surface area (Å²) in [4.78, 5) is 12.2. The van der Waals surface area contributed by atoms with E-state index < -0.39 is 0 Å². The third-order valence-electron chi connectivity index (χ3n) is 3.25. The van der Waals surface area contributed by atoms with E-state index in [2.05, 4.69) is 15.7 Å². The summed E-state index contributed by atoms with van der Waals surface area (Å²) in [7, 11) is 1.83. The molecule has 21 heavy (non-hydrogen) atoms. The minimum absolute atomic E-state index is 0.145. The Morgan fingerprint density at radius 3 is 2.52 bits per heavy atom. The summed E-state index contributed by atoms with van der Waals surface area (Å²) in [5.41, 5.74) is 2.68. The lowest BCUT2D eigenvalue weighted by Crippen LogP contribution is -2.31. The topological polar surface area (TPSA) is 58.9 Å². The smallest absolute Gasteiger partial charge is 0.255 e. The van der Waals surface area contributed by atoms with Gasteiger partial charge in [-0.1, -0.05) is 0 Å². The van der Waals surface area contributed by atoms with Gasteiger partial charge < -0.3 is 10.6 Å². The van der Waals surface area contributed by atoms with Gasteiger partial charge in [-0.3, -0.25) is 4.79 Å². The molecule has 5 nitrogen and oxygen atoms in total. The second-order valence-electron chi connectivity index (χ2n) is 4.79. The molecule has 0 radical (unpaired) electrons. The predicted molar refractivity (Wildman–Crippen MR) is 79.3 cm³/mol. The van der Waals surface area contributed by atoms with Crippen LogP contribution in [0, 0.1) is 19.7 Å². The van der Waals surface area contributed by atoms with Gasteiger partial charge in [0, 0.05) is 13.1 Å². The number of benzene rings is 1.